The molecule has 2 atom stereocenters. The van der Waals surface area contributed by atoms with E-state index in [0.717, 1.165) is 4.90 Å². The number of carboxylic acid groups (broad SMARTS) is 1. The molecule has 0 bridgehead atoms. The van der Waals surface area contributed by atoms with Crippen LogP contribution < -0.4 is 5.32 Å². The zero-order valence-electron chi connectivity index (χ0n) is 10.5. The number of aliphatic hydroxyl groups excluding tert-OH is 1. The van der Waals surface area contributed by atoms with E-state index in [9.17, 15) is 27.9 Å². The average Bonchev–Trinajstić information content (AvgIpc) is 2.77. The zero-order chi connectivity index (χ0) is 15.7. The van der Waals surface area contributed by atoms with Gasteiger partial charge in [-0.1, -0.05) is 0 Å². The number of hydrogen-bond donors (Lipinski definition) is 3. The van der Waals surface area contributed by atoms with Crippen LogP contribution in [0, 0.1) is 17.5 Å². The van der Waals surface area contributed by atoms with Gasteiger partial charge in [0.05, 0.1) is 11.8 Å². The summed E-state index contributed by atoms with van der Waals surface area (Å²) in [4.78, 5) is 23.6. The number of rotatable bonds is 2. The van der Waals surface area contributed by atoms with E-state index in [-0.39, 0.29) is 13.0 Å². The van der Waals surface area contributed by atoms with Crippen LogP contribution in [-0.4, -0.2) is 45.8 Å². The number of nitrogens with zero attached hydrogens (tertiary/aromatic N) is 1. The van der Waals surface area contributed by atoms with Gasteiger partial charge >= 0.3 is 12.0 Å². The molecule has 6 nitrogen and oxygen atoms in total. The van der Waals surface area contributed by atoms with Crippen LogP contribution in [0.25, 0.3) is 0 Å². The third-order valence-electron chi connectivity index (χ3n) is 3.06. The van der Waals surface area contributed by atoms with E-state index in [1.54, 1.807) is 0 Å². The molecule has 0 spiro atoms. The van der Waals surface area contributed by atoms with Crippen molar-refractivity contribution in [1.82, 2.24) is 4.90 Å². The van der Waals surface area contributed by atoms with E-state index >= 15 is 0 Å². The van der Waals surface area contributed by atoms with Crippen molar-refractivity contribution in [2.24, 2.45) is 0 Å². The van der Waals surface area contributed by atoms with Crippen LogP contribution in [0.5, 0.6) is 0 Å². The third kappa shape index (κ3) is 3.07. The Morgan fingerprint density at radius 2 is 1.95 bits per heavy atom. The quantitative estimate of drug-likeness (QED) is 0.715. The second-order valence-corrected chi connectivity index (χ2v) is 4.58. The minimum absolute atomic E-state index is 0.178. The van der Waals surface area contributed by atoms with Gasteiger partial charge in [0.25, 0.3) is 0 Å². The van der Waals surface area contributed by atoms with E-state index in [4.69, 9.17) is 5.11 Å². The highest BCUT2D eigenvalue weighted by molar-refractivity contribution is 5.93. The summed E-state index contributed by atoms with van der Waals surface area (Å²) in [5.74, 6) is -5.38. The minimum Gasteiger partial charge on any atom is -0.480 e. The zero-order valence-corrected chi connectivity index (χ0v) is 10.5. The van der Waals surface area contributed by atoms with E-state index < -0.39 is 47.3 Å². The summed E-state index contributed by atoms with van der Waals surface area (Å²) in [6, 6.07) is -1.48. The number of nitrogens with one attached hydrogen (secondary N) is 1. The molecule has 21 heavy (non-hydrogen) atoms. The Hall–Kier alpha value is -2.29. The maximum atomic E-state index is 13.4. The molecule has 0 saturated carbocycles. The van der Waals surface area contributed by atoms with Crippen molar-refractivity contribution >= 4 is 17.7 Å². The SMILES string of the molecule is O=C(O)C1CC(O)CN1C(=O)Nc1cc(F)cc(F)c1F. The second kappa shape index (κ2) is 5.60. The maximum Gasteiger partial charge on any atom is 0.326 e. The molecule has 0 radical (unpaired) electrons. The Balaban J connectivity index is 2.20. The molecule has 2 amide bonds. The van der Waals surface area contributed by atoms with Gasteiger partial charge < -0.3 is 20.4 Å². The van der Waals surface area contributed by atoms with Crippen molar-refractivity contribution in [2.45, 2.75) is 18.6 Å². The second-order valence-electron chi connectivity index (χ2n) is 4.58. The average molecular weight is 304 g/mol. The van der Waals surface area contributed by atoms with Crippen LogP contribution in [0.4, 0.5) is 23.7 Å². The lowest BCUT2D eigenvalue weighted by Gasteiger charge is -2.21. The van der Waals surface area contributed by atoms with Gasteiger partial charge in [-0.2, -0.15) is 0 Å². The lowest BCUT2D eigenvalue weighted by molar-refractivity contribution is -0.141. The van der Waals surface area contributed by atoms with Gasteiger partial charge in [-0.3, -0.25) is 0 Å². The number of β-amino-alcohol motifs (C(OH)–C–C–N with tert-alkyl or cyclic N) is 1. The molecule has 0 aliphatic carbocycles. The predicted octanol–water partition coefficient (Wildman–Crippen LogP) is 1.16. The number of urea groups is 1. The Morgan fingerprint density at radius 3 is 2.57 bits per heavy atom. The first-order valence-corrected chi connectivity index (χ1v) is 5.92. The maximum absolute atomic E-state index is 13.4. The van der Waals surface area contributed by atoms with Crippen molar-refractivity contribution in [3.63, 3.8) is 0 Å². The van der Waals surface area contributed by atoms with E-state index in [0.29, 0.717) is 12.1 Å². The summed E-state index contributed by atoms with van der Waals surface area (Å²) in [6.45, 7) is -0.276. The first kappa shape index (κ1) is 15.1. The molecule has 0 aromatic heterocycles. The molecular weight excluding hydrogens is 293 g/mol. The molecule has 1 fully saturated rings. The monoisotopic (exact) mass is 304 g/mol. The first-order chi connectivity index (χ1) is 9.79. The van der Waals surface area contributed by atoms with Crippen LogP contribution in [-0.2, 0) is 4.79 Å². The number of amides is 2. The first-order valence-electron chi connectivity index (χ1n) is 5.92. The molecule has 9 heteroatoms. The number of halogens is 3. The van der Waals surface area contributed by atoms with Crippen molar-refractivity contribution in [3.05, 3.63) is 29.6 Å². The fourth-order valence-electron chi connectivity index (χ4n) is 2.11. The molecule has 1 saturated heterocycles. The number of hydrogen-bond acceptors (Lipinski definition) is 3. The van der Waals surface area contributed by atoms with Crippen LogP contribution in [0.3, 0.4) is 0 Å². The smallest absolute Gasteiger partial charge is 0.326 e. The Morgan fingerprint density at radius 1 is 1.29 bits per heavy atom. The number of likely N-dealkylation sites (tertiary alicyclic amines) is 1. The summed E-state index contributed by atoms with van der Waals surface area (Å²) in [6.07, 6.45) is -1.21. The highest BCUT2D eigenvalue weighted by Crippen LogP contribution is 2.23. The van der Waals surface area contributed by atoms with E-state index in [1.807, 2.05) is 5.32 Å². The molecular formula is C12H11F3N2O4. The summed E-state index contributed by atoms with van der Waals surface area (Å²) in [5, 5.41) is 20.2. The van der Waals surface area contributed by atoms with Crippen molar-refractivity contribution < 1.29 is 33.0 Å². The van der Waals surface area contributed by atoms with Gasteiger partial charge in [-0.25, -0.2) is 22.8 Å². The van der Waals surface area contributed by atoms with Gasteiger partial charge in [-0.05, 0) is 0 Å². The number of anilines is 1. The van der Waals surface area contributed by atoms with Crippen molar-refractivity contribution in [2.75, 3.05) is 11.9 Å². The highest BCUT2D eigenvalue weighted by atomic mass is 19.2. The molecule has 114 valence electrons. The largest absolute Gasteiger partial charge is 0.480 e. The number of aliphatic carboxylic acids is 1. The standard InChI is InChI=1S/C12H11F3N2O4/c13-5-1-7(14)10(15)8(2-5)16-12(21)17-4-6(18)3-9(17)11(19)20/h1-2,6,9,18H,3-4H2,(H,16,21)(H,19,20). The molecule has 2 unspecified atom stereocenters. The Bertz CT molecular complexity index is 596. The summed E-state index contributed by atoms with van der Waals surface area (Å²) in [7, 11) is 0. The van der Waals surface area contributed by atoms with Crippen molar-refractivity contribution in [1.29, 1.82) is 0 Å². The number of carboxylic acids is 1. The Kier molecular flexibility index (Phi) is 4.03. The molecule has 1 aliphatic rings. The molecule has 2 rings (SSSR count). The fourth-order valence-corrected chi connectivity index (χ4v) is 2.11. The van der Waals surface area contributed by atoms with Gasteiger partial charge in [0.15, 0.2) is 11.6 Å². The highest BCUT2D eigenvalue weighted by Gasteiger charge is 2.39. The summed E-state index contributed by atoms with van der Waals surface area (Å²) in [5.41, 5.74) is -0.747. The number of carbonyl (C=O) groups is 2. The molecule has 1 aliphatic heterocycles. The number of aliphatic hydroxyl groups is 1. The number of benzene rings is 1. The lowest BCUT2D eigenvalue weighted by atomic mass is 10.2. The minimum atomic E-state index is -1.48. The van der Waals surface area contributed by atoms with Crippen LogP contribution in [0.15, 0.2) is 12.1 Å². The molecule has 3 N–H and O–H groups in total. The predicted molar refractivity (Wildman–Crippen MR) is 64.1 cm³/mol. The topological polar surface area (TPSA) is 89.9 Å². The van der Waals surface area contributed by atoms with Gasteiger partial charge in [0.2, 0.25) is 0 Å². The lowest BCUT2D eigenvalue weighted by Crippen LogP contribution is -2.43. The van der Waals surface area contributed by atoms with Gasteiger partial charge in [-0.15, -0.1) is 0 Å². The van der Waals surface area contributed by atoms with E-state index in [1.165, 1.54) is 0 Å². The summed E-state index contributed by atoms with van der Waals surface area (Å²) < 4.78 is 39.4. The van der Waals surface area contributed by atoms with Crippen LogP contribution >= 0.6 is 0 Å². The van der Waals surface area contributed by atoms with Crippen LogP contribution in [0.1, 0.15) is 6.42 Å². The summed E-state index contributed by atoms with van der Waals surface area (Å²) >= 11 is 0. The van der Waals surface area contributed by atoms with Crippen LogP contribution in [0.2, 0.25) is 0 Å². The number of carbonyl (C=O) groups excluding carboxylic acids is 1. The van der Waals surface area contributed by atoms with E-state index in [2.05, 4.69) is 0 Å². The van der Waals surface area contributed by atoms with Crippen molar-refractivity contribution in [3.8, 4) is 0 Å². The molecule has 1 aromatic rings. The van der Waals surface area contributed by atoms with Gasteiger partial charge in [0.1, 0.15) is 11.9 Å². The Labute approximate surface area is 116 Å². The molecule has 1 aromatic carbocycles. The van der Waals surface area contributed by atoms with Gasteiger partial charge in [0, 0.05) is 25.1 Å². The fraction of sp³-hybridized carbons (Fsp3) is 0.333. The molecule has 1 heterocycles. The normalized spacial score (nSPS) is 21.4. The third-order valence-corrected chi connectivity index (χ3v) is 3.06.